The Hall–Kier alpha value is -3.72. The highest BCUT2D eigenvalue weighted by atomic mass is 32.1. The standard InChI is InChI=1S/C28H31N3O5S/c1-4-6-7-16-36-22-10-8-9-20(17-22)24-23(25(32)19-11-13-21(14-12-19)35-15-5-2)26(33)27(34)31(24)28-30-29-18(3)37-28/h8-14,17,24,32H,4-7,15-16H2,1-3H3/b25-23+. The second-order valence-corrected chi connectivity index (χ2v) is 9.93. The van der Waals surface area contributed by atoms with Crippen molar-refractivity contribution in [1.82, 2.24) is 10.2 Å². The lowest BCUT2D eigenvalue weighted by atomic mass is 9.95. The summed E-state index contributed by atoms with van der Waals surface area (Å²) in [5.74, 6) is -0.517. The highest BCUT2D eigenvalue weighted by Gasteiger charge is 2.48. The number of carbonyl (C=O) groups excluding carboxylic acids is 2. The van der Waals surface area contributed by atoms with E-state index in [9.17, 15) is 14.7 Å². The molecule has 1 atom stereocenters. The fraction of sp³-hybridized carbons (Fsp3) is 0.357. The third-order valence-electron chi connectivity index (χ3n) is 5.96. The molecule has 0 bridgehead atoms. The Bertz CT molecular complexity index is 1280. The molecule has 1 aliphatic heterocycles. The average molecular weight is 522 g/mol. The van der Waals surface area contributed by atoms with E-state index in [-0.39, 0.29) is 11.3 Å². The van der Waals surface area contributed by atoms with Gasteiger partial charge in [-0.15, -0.1) is 10.2 Å². The van der Waals surface area contributed by atoms with Crippen LogP contribution in [0, 0.1) is 6.92 Å². The zero-order valence-corrected chi connectivity index (χ0v) is 22.1. The van der Waals surface area contributed by atoms with Crippen molar-refractivity contribution in [3.63, 3.8) is 0 Å². The summed E-state index contributed by atoms with van der Waals surface area (Å²) in [7, 11) is 0. The number of amides is 1. The third kappa shape index (κ3) is 5.83. The van der Waals surface area contributed by atoms with Crippen LogP contribution in [0.25, 0.3) is 5.76 Å². The maximum atomic E-state index is 13.3. The number of unbranched alkanes of at least 4 members (excludes halogenated alkanes) is 2. The number of aliphatic hydroxyl groups excluding tert-OH is 1. The molecule has 1 fully saturated rings. The summed E-state index contributed by atoms with van der Waals surface area (Å²) in [5.41, 5.74) is 1.03. The number of hydrogen-bond donors (Lipinski definition) is 1. The molecule has 8 nitrogen and oxygen atoms in total. The maximum Gasteiger partial charge on any atom is 0.301 e. The average Bonchev–Trinajstić information content (AvgIpc) is 3.45. The Kier molecular flexibility index (Phi) is 8.55. The largest absolute Gasteiger partial charge is 0.507 e. The number of carbonyl (C=O) groups is 2. The number of aliphatic hydroxyl groups is 1. The molecular weight excluding hydrogens is 490 g/mol. The minimum Gasteiger partial charge on any atom is -0.507 e. The van der Waals surface area contributed by atoms with E-state index in [1.165, 1.54) is 16.2 Å². The van der Waals surface area contributed by atoms with E-state index in [2.05, 4.69) is 17.1 Å². The molecule has 0 spiro atoms. The van der Waals surface area contributed by atoms with Gasteiger partial charge in [0.2, 0.25) is 5.13 Å². The van der Waals surface area contributed by atoms with Gasteiger partial charge in [0.1, 0.15) is 22.3 Å². The molecule has 3 aromatic rings. The fourth-order valence-electron chi connectivity index (χ4n) is 4.13. The molecule has 1 amide bonds. The predicted octanol–water partition coefficient (Wildman–Crippen LogP) is 5.83. The molecule has 4 rings (SSSR count). The molecular formula is C28H31N3O5S. The molecule has 1 N–H and O–H groups in total. The Morgan fingerprint density at radius 3 is 2.41 bits per heavy atom. The lowest BCUT2D eigenvalue weighted by Crippen LogP contribution is -2.29. The topological polar surface area (TPSA) is 102 Å². The number of ether oxygens (including phenoxy) is 2. The van der Waals surface area contributed by atoms with Crippen LogP contribution >= 0.6 is 11.3 Å². The van der Waals surface area contributed by atoms with Gasteiger partial charge in [0.15, 0.2) is 0 Å². The van der Waals surface area contributed by atoms with Gasteiger partial charge in [0.25, 0.3) is 5.78 Å². The highest BCUT2D eigenvalue weighted by Crippen LogP contribution is 2.43. The van der Waals surface area contributed by atoms with E-state index >= 15 is 0 Å². The van der Waals surface area contributed by atoms with Crippen LogP contribution in [-0.2, 0) is 9.59 Å². The van der Waals surface area contributed by atoms with Gasteiger partial charge in [-0.3, -0.25) is 14.5 Å². The van der Waals surface area contributed by atoms with E-state index in [1.807, 2.05) is 25.1 Å². The molecule has 1 aromatic heterocycles. The molecule has 1 aliphatic rings. The molecule has 37 heavy (non-hydrogen) atoms. The Labute approximate surface area is 220 Å². The fourth-order valence-corrected chi connectivity index (χ4v) is 4.84. The summed E-state index contributed by atoms with van der Waals surface area (Å²) < 4.78 is 11.6. The van der Waals surface area contributed by atoms with Gasteiger partial charge in [-0.05, 0) is 61.7 Å². The van der Waals surface area contributed by atoms with Crippen LogP contribution < -0.4 is 14.4 Å². The second-order valence-electron chi connectivity index (χ2n) is 8.77. The van der Waals surface area contributed by atoms with Crippen molar-refractivity contribution in [1.29, 1.82) is 0 Å². The van der Waals surface area contributed by atoms with E-state index in [1.54, 1.807) is 37.3 Å². The van der Waals surface area contributed by atoms with Gasteiger partial charge in [-0.25, -0.2) is 0 Å². The molecule has 0 saturated carbocycles. The first kappa shape index (κ1) is 26.3. The van der Waals surface area contributed by atoms with Crippen LogP contribution in [-0.4, -0.2) is 40.2 Å². The van der Waals surface area contributed by atoms with Crippen molar-refractivity contribution in [2.24, 2.45) is 0 Å². The van der Waals surface area contributed by atoms with Crippen LogP contribution in [0.3, 0.4) is 0 Å². The maximum absolute atomic E-state index is 13.3. The first-order valence-electron chi connectivity index (χ1n) is 12.5. The van der Waals surface area contributed by atoms with E-state index < -0.39 is 17.7 Å². The number of aryl methyl sites for hydroxylation is 1. The van der Waals surface area contributed by atoms with Crippen molar-refractivity contribution in [2.45, 2.75) is 52.5 Å². The van der Waals surface area contributed by atoms with Crippen LogP contribution in [0.2, 0.25) is 0 Å². The van der Waals surface area contributed by atoms with Gasteiger partial charge < -0.3 is 14.6 Å². The van der Waals surface area contributed by atoms with Gasteiger partial charge in [0, 0.05) is 5.56 Å². The number of anilines is 1. The van der Waals surface area contributed by atoms with Gasteiger partial charge in [-0.1, -0.05) is 50.2 Å². The lowest BCUT2D eigenvalue weighted by molar-refractivity contribution is -0.132. The first-order valence-corrected chi connectivity index (χ1v) is 13.3. The SMILES string of the molecule is CCCCCOc1cccc(C2/C(=C(\O)c3ccc(OCCC)cc3)C(=O)C(=O)N2c2nnc(C)s2)c1. The van der Waals surface area contributed by atoms with E-state index in [0.29, 0.717) is 46.0 Å². The third-order valence-corrected chi connectivity index (χ3v) is 6.79. The summed E-state index contributed by atoms with van der Waals surface area (Å²) in [4.78, 5) is 27.9. The summed E-state index contributed by atoms with van der Waals surface area (Å²) in [6.45, 7) is 7.07. The van der Waals surface area contributed by atoms with Crippen molar-refractivity contribution in [2.75, 3.05) is 18.1 Å². The molecule has 0 aliphatic carbocycles. The molecule has 0 radical (unpaired) electrons. The van der Waals surface area contributed by atoms with Gasteiger partial charge in [-0.2, -0.15) is 0 Å². The van der Waals surface area contributed by atoms with Crippen LogP contribution in [0.15, 0.2) is 54.1 Å². The second kappa shape index (κ2) is 12.0. The summed E-state index contributed by atoms with van der Waals surface area (Å²) in [6.07, 6.45) is 3.96. The zero-order valence-electron chi connectivity index (χ0n) is 21.3. The molecule has 9 heteroatoms. The lowest BCUT2D eigenvalue weighted by Gasteiger charge is -2.23. The molecule has 2 heterocycles. The van der Waals surface area contributed by atoms with Crippen LogP contribution in [0.5, 0.6) is 11.5 Å². The van der Waals surface area contributed by atoms with E-state index in [0.717, 1.165) is 25.7 Å². The number of ketones is 1. The van der Waals surface area contributed by atoms with Gasteiger partial charge >= 0.3 is 5.91 Å². The van der Waals surface area contributed by atoms with E-state index in [4.69, 9.17) is 9.47 Å². The quantitative estimate of drug-likeness (QED) is 0.147. The van der Waals surface area contributed by atoms with Crippen LogP contribution in [0.4, 0.5) is 5.13 Å². The van der Waals surface area contributed by atoms with Crippen molar-refractivity contribution >= 4 is 33.9 Å². The summed E-state index contributed by atoms with van der Waals surface area (Å²) >= 11 is 1.21. The number of rotatable bonds is 11. The first-order chi connectivity index (χ1) is 17.9. The Morgan fingerprint density at radius 2 is 1.73 bits per heavy atom. The molecule has 1 unspecified atom stereocenters. The number of nitrogens with zero attached hydrogens (tertiary/aromatic N) is 3. The smallest absolute Gasteiger partial charge is 0.301 e. The monoisotopic (exact) mass is 521 g/mol. The number of Topliss-reactive ketones (excluding diaryl/α,β-unsaturated/α-hetero) is 1. The molecule has 194 valence electrons. The normalized spacial score (nSPS) is 16.8. The number of aromatic nitrogens is 2. The Morgan fingerprint density at radius 1 is 0.973 bits per heavy atom. The number of hydrogen-bond acceptors (Lipinski definition) is 8. The highest BCUT2D eigenvalue weighted by molar-refractivity contribution is 7.15. The van der Waals surface area contributed by atoms with Crippen molar-refractivity contribution in [3.05, 3.63) is 70.2 Å². The minimum atomic E-state index is -0.887. The van der Waals surface area contributed by atoms with Crippen LogP contribution in [0.1, 0.15) is 61.7 Å². The molecule has 1 saturated heterocycles. The minimum absolute atomic E-state index is 0.0109. The van der Waals surface area contributed by atoms with Crippen molar-refractivity contribution < 1.29 is 24.2 Å². The van der Waals surface area contributed by atoms with Gasteiger partial charge in [0.05, 0.1) is 24.8 Å². The number of benzene rings is 2. The zero-order chi connectivity index (χ0) is 26.4. The molecule has 2 aromatic carbocycles. The van der Waals surface area contributed by atoms with Crippen molar-refractivity contribution in [3.8, 4) is 11.5 Å². The summed E-state index contributed by atoms with van der Waals surface area (Å²) in [6, 6.07) is 13.2. The predicted molar refractivity (Wildman–Crippen MR) is 143 cm³/mol. The summed E-state index contributed by atoms with van der Waals surface area (Å²) in [5, 5.41) is 20.4. The Balaban J connectivity index is 1.77.